The van der Waals surface area contributed by atoms with Gasteiger partial charge in [-0.1, -0.05) is 18.2 Å². The van der Waals surface area contributed by atoms with Crippen molar-refractivity contribution in [2.24, 2.45) is 0 Å². The van der Waals surface area contributed by atoms with Crippen LogP contribution in [0, 0.1) is 13.8 Å². The monoisotopic (exact) mass is 349 g/mol. The molecule has 6 heteroatoms. The zero-order valence-electron chi connectivity index (χ0n) is 14.0. The molecule has 0 radical (unpaired) electrons. The first-order chi connectivity index (χ1) is 11.5. The van der Waals surface area contributed by atoms with Crippen LogP contribution in [0.5, 0.6) is 0 Å². The van der Waals surface area contributed by atoms with Crippen molar-refractivity contribution in [3.63, 3.8) is 0 Å². The van der Waals surface area contributed by atoms with Gasteiger partial charge in [0.1, 0.15) is 23.8 Å². The molecular formula is C18H20ClNO4. The fraction of sp³-hybridized carbons (Fsp3) is 0.333. The number of carbonyl (C=O) groups excluding carboxylic acids is 2. The number of anilines is 1. The fourth-order valence-corrected chi connectivity index (χ4v) is 2.71. The summed E-state index contributed by atoms with van der Waals surface area (Å²) in [6.45, 7) is 4.14. The van der Waals surface area contributed by atoms with Crippen molar-refractivity contribution in [3.05, 3.63) is 53.0 Å². The van der Waals surface area contributed by atoms with Crippen molar-refractivity contribution in [1.29, 1.82) is 0 Å². The quantitative estimate of drug-likeness (QED) is 0.592. The molecule has 5 nitrogen and oxygen atoms in total. The van der Waals surface area contributed by atoms with Crippen molar-refractivity contribution in [3.8, 4) is 0 Å². The minimum atomic E-state index is -0.376. The van der Waals surface area contributed by atoms with Crippen molar-refractivity contribution in [2.45, 2.75) is 26.8 Å². The summed E-state index contributed by atoms with van der Waals surface area (Å²) in [5.74, 6) is 0.370. The second kappa shape index (κ2) is 8.02. The van der Waals surface area contributed by atoms with E-state index in [9.17, 15) is 9.59 Å². The summed E-state index contributed by atoms with van der Waals surface area (Å²) in [6.07, 6.45) is 0.0589. The van der Waals surface area contributed by atoms with Gasteiger partial charge in [0.2, 0.25) is 5.91 Å². The molecule has 1 amide bonds. The van der Waals surface area contributed by atoms with Gasteiger partial charge in [-0.25, -0.2) is 0 Å². The maximum atomic E-state index is 12.3. The average molecular weight is 350 g/mol. The summed E-state index contributed by atoms with van der Waals surface area (Å²) >= 11 is 5.78. The van der Waals surface area contributed by atoms with Crippen LogP contribution in [0.15, 0.2) is 34.7 Å². The molecule has 0 saturated heterocycles. The topological polar surface area (TPSA) is 59.8 Å². The smallest absolute Gasteiger partial charge is 0.313 e. The predicted molar refractivity (Wildman–Crippen MR) is 92.3 cm³/mol. The van der Waals surface area contributed by atoms with E-state index in [-0.39, 0.29) is 30.7 Å². The van der Waals surface area contributed by atoms with Gasteiger partial charge in [-0.3, -0.25) is 9.59 Å². The summed E-state index contributed by atoms with van der Waals surface area (Å²) in [6, 6.07) is 9.29. The number of furan rings is 1. The highest BCUT2D eigenvalue weighted by Crippen LogP contribution is 2.27. The lowest BCUT2D eigenvalue weighted by molar-refractivity contribution is -0.140. The second-order valence-corrected chi connectivity index (χ2v) is 5.74. The Hall–Kier alpha value is -2.27. The number of hydrogen-bond acceptors (Lipinski definition) is 4. The van der Waals surface area contributed by atoms with E-state index in [1.807, 2.05) is 32.0 Å². The Morgan fingerprint density at radius 3 is 2.33 bits per heavy atom. The Kier molecular flexibility index (Phi) is 6.04. The highest BCUT2D eigenvalue weighted by molar-refractivity contribution is 6.29. The molecule has 1 aromatic heterocycles. The Morgan fingerprint density at radius 2 is 1.75 bits per heavy atom. The van der Waals surface area contributed by atoms with E-state index in [1.54, 1.807) is 17.0 Å². The third kappa shape index (κ3) is 4.17. The van der Waals surface area contributed by atoms with Crippen LogP contribution >= 0.6 is 11.6 Å². The number of carbonyl (C=O) groups is 2. The summed E-state index contributed by atoms with van der Waals surface area (Å²) in [4.78, 5) is 25.3. The molecule has 0 aliphatic rings. The van der Waals surface area contributed by atoms with E-state index in [0.717, 1.165) is 16.8 Å². The molecule has 128 valence electrons. The average Bonchev–Trinajstić information content (AvgIpc) is 2.99. The van der Waals surface area contributed by atoms with Crippen LogP contribution in [0.25, 0.3) is 0 Å². The van der Waals surface area contributed by atoms with Gasteiger partial charge in [0, 0.05) is 5.69 Å². The van der Waals surface area contributed by atoms with Gasteiger partial charge in [0.25, 0.3) is 0 Å². The van der Waals surface area contributed by atoms with Gasteiger partial charge in [-0.2, -0.15) is 0 Å². The fourth-order valence-electron chi connectivity index (χ4n) is 2.57. The Bertz CT molecular complexity index is 718. The molecule has 1 heterocycles. The molecule has 2 aromatic rings. The van der Waals surface area contributed by atoms with Crippen molar-refractivity contribution >= 4 is 29.2 Å². The van der Waals surface area contributed by atoms with Crippen LogP contribution in [0.1, 0.15) is 22.6 Å². The number of amides is 1. The summed E-state index contributed by atoms with van der Waals surface area (Å²) in [5.41, 5.74) is 2.79. The number of para-hydroxylation sites is 1. The van der Waals surface area contributed by atoms with E-state index >= 15 is 0 Å². The molecule has 1 aromatic carbocycles. The van der Waals surface area contributed by atoms with Gasteiger partial charge in [-0.05, 0) is 37.1 Å². The van der Waals surface area contributed by atoms with Crippen LogP contribution in [0.2, 0.25) is 0 Å². The van der Waals surface area contributed by atoms with Crippen molar-refractivity contribution < 1.29 is 18.7 Å². The van der Waals surface area contributed by atoms with E-state index in [4.69, 9.17) is 16.0 Å². The minimum absolute atomic E-state index is 0.0589. The second-order valence-electron chi connectivity index (χ2n) is 5.47. The summed E-state index contributed by atoms with van der Waals surface area (Å²) in [7, 11) is 1.33. The lowest BCUT2D eigenvalue weighted by Gasteiger charge is -2.24. The largest absolute Gasteiger partial charge is 0.469 e. The molecule has 2 rings (SSSR count). The number of rotatable bonds is 6. The third-order valence-electron chi connectivity index (χ3n) is 3.70. The van der Waals surface area contributed by atoms with Gasteiger partial charge in [0.05, 0.1) is 13.7 Å². The number of ether oxygens (including phenoxy) is 1. The van der Waals surface area contributed by atoms with Crippen LogP contribution in [0.3, 0.4) is 0 Å². The molecule has 0 N–H and O–H groups in total. The SMILES string of the molecule is COC(=O)Cc1ccc(CN(C(=O)CCl)c2c(C)cccc2C)o1. The highest BCUT2D eigenvalue weighted by atomic mass is 35.5. The van der Waals surface area contributed by atoms with Crippen LogP contribution in [0.4, 0.5) is 5.69 Å². The van der Waals surface area contributed by atoms with E-state index in [0.29, 0.717) is 11.5 Å². The first-order valence-corrected chi connectivity index (χ1v) is 8.06. The number of alkyl halides is 1. The van der Waals surface area contributed by atoms with Crippen molar-refractivity contribution in [2.75, 3.05) is 17.9 Å². The van der Waals surface area contributed by atoms with E-state index in [1.165, 1.54) is 7.11 Å². The number of benzene rings is 1. The molecule has 0 fully saturated rings. The van der Waals surface area contributed by atoms with E-state index in [2.05, 4.69) is 4.74 Å². The summed E-state index contributed by atoms with van der Waals surface area (Å²) in [5, 5.41) is 0. The molecule has 0 aliphatic heterocycles. The molecule has 0 bridgehead atoms. The zero-order chi connectivity index (χ0) is 17.7. The van der Waals surface area contributed by atoms with Crippen LogP contribution in [-0.4, -0.2) is 24.9 Å². The number of nitrogens with zero attached hydrogens (tertiary/aromatic N) is 1. The van der Waals surface area contributed by atoms with Crippen LogP contribution < -0.4 is 4.90 Å². The van der Waals surface area contributed by atoms with Crippen molar-refractivity contribution in [1.82, 2.24) is 0 Å². The zero-order valence-corrected chi connectivity index (χ0v) is 14.7. The maximum absolute atomic E-state index is 12.3. The number of hydrogen-bond donors (Lipinski definition) is 0. The predicted octanol–water partition coefficient (Wildman–Crippen LogP) is 3.38. The Morgan fingerprint density at radius 1 is 1.12 bits per heavy atom. The number of methoxy groups -OCH3 is 1. The third-order valence-corrected chi connectivity index (χ3v) is 3.93. The molecule has 0 saturated carbocycles. The normalized spacial score (nSPS) is 10.5. The number of aryl methyl sites for hydroxylation is 2. The maximum Gasteiger partial charge on any atom is 0.313 e. The molecule has 0 aliphatic carbocycles. The first kappa shape index (κ1) is 18.1. The van der Waals surface area contributed by atoms with Gasteiger partial charge >= 0.3 is 5.97 Å². The van der Waals surface area contributed by atoms with Gasteiger partial charge in [-0.15, -0.1) is 11.6 Å². The molecule has 0 unspecified atom stereocenters. The molecule has 0 atom stereocenters. The Labute approximate surface area is 146 Å². The standard InChI is InChI=1S/C18H20ClNO4/c1-12-5-4-6-13(2)18(12)20(16(21)10-19)11-15-8-7-14(24-15)9-17(22)23-3/h4-8H,9-11H2,1-3H3. The van der Waals surface area contributed by atoms with Gasteiger partial charge in [0.15, 0.2) is 0 Å². The molecule has 0 spiro atoms. The lowest BCUT2D eigenvalue weighted by atomic mass is 10.1. The Balaban J connectivity index is 2.28. The first-order valence-electron chi connectivity index (χ1n) is 7.53. The minimum Gasteiger partial charge on any atom is -0.469 e. The van der Waals surface area contributed by atoms with Gasteiger partial charge < -0.3 is 14.1 Å². The number of halogens is 1. The highest BCUT2D eigenvalue weighted by Gasteiger charge is 2.20. The van der Waals surface area contributed by atoms with E-state index < -0.39 is 0 Å². The molecular weight excluding hydrogens is 330 g/mol. The van der Waals surface area contributed by atoms with Crippen LogP contribution in [-0.2, 0) is 27.3 Å². The molecule has 24 heavy (non-hydrogen) atoms. The number of esters is 1. The lowest BCUT2D eigenvalue weighted by Crippen LogP contribution is -2.32. The summed E-state index contributed by atoms with van der Waals surface area (Å²) < 4.78 is 10.3.